The Labute approximate surface area is 343 Å². The Morgan fingerprint density at radius 2 is 0.650 bits per heavy atom. The van der Waals surface area contributed by atoms with Gasteiger partial charge in [0.25, 0.3) is 0 Å². The van der Waals surface area contributed by atoms with Gasteiger partial charge in [-0.3, -0.25) is 0 Å². The standard InChI is InChI=1S/C50H32F6N4/c51-49(52,53)45-29-35(33-57)21-23-37(45)25-27-39-32-48(60(43-17-9-3-10-18-43)44-19-11-4-12-20-44)40(28-26-38-24-22-36(34-58)30-46(38)50(54,55)56)31-47(39)59(41-13-5-1-6-14-41)42-15-7-2-8-16-42/h1-32H/b27-25+,28-26+. The van der Waals surface area contributed by atoms with E-state index in [4.69, 9.17) is 0 Å². The Hall–Kier alpha value is -7.82. The highest BCUT2D eigenvalue weighted by atomic mass is 19.4. The van der Waals surface area contributed by atoms with Gasteiger partial charge in [-0.15, -0.1) is 0 Å². The molecule has 0 fully saturated rings. The van der Waals surface area contributed by atoms with Crippen molar-refractivity contribution >= 4 is 58.4 Å². The molecule has 0 aliphatic rings. The van der Waals surface area contributed by atoms with Crippen LogP contribution in [0.25, 0.3) is 24.3 Å². The SMILES string of the molecule is N#Cc1ccc(/C=C/c2cc(N(c3ccccc3)c3ccccc3)c(/C=C/c3ccc(C#N)cc3C(F)(F)F)cc2N(c2ccccc2)c2ccccc2)c(C(F)(F)F)c1. The molecule has 0 N–H and O–H groups in total. The summed E-state index contributed by atoms with van der Waals surface area (Å²) >= 11 is 0. The highest BCUT2D eigenvalue weighted by Gasteiger charge is 2.34. The molecule has 0 aliphatic carbocycles. The van der Waals surface area contributed by atoms with Gasteiger partial charge in [0.05, 0.1) is 45.8 Å². The van der Waals surface area contributed by atoms with Crippen LogP contribution < -0.4 is 9.80 Å². The number of nitriles is 2. The molecule has 7 aromatic rings. The molecule has 0 heterocycles. The predicted octanol–water partition coefficient (Wildman–Crippen LogP) is 14.7. The molecule has 4 nitrogen and oxygen atoms in total. The van der Waals surface area contributed by atoms with E-state index in [-0.39, 0.29) is 22.3 Å². The van der Waals surface area contributed by atoms with Crippen molar-refractivity contribution in [3.8, 4) is 12.1 Å². The number of halogens is 6. The molecular weight excluding hydrogens is 771 g/mol. The van der Waals surface area contributed by atoms with Crippen molar-refractivity contribution in [3.05, 3.63) is 214 Å². The van der Waals surface area contributed by atoms with Crippen LogP contribution in [-0.4, -0.2) is 0 Å². The first kappa shape index (κ1) is 40.4. The molecule has 294 valence electrons. The van der Waals surface area contributed by atoms with Gasteiger partial charge in [0.1, 0.15) is 0 Å². The highest BCUT2D eigenvalue weighted by molar-refractivity contribution is 5.94. The number of alkyl halides is 6. The summed E-state index contributed by atoms with van der Waals surface area (Å²) in [7, 11) is 0. The van der Waals surface area contributed by atoms with E-state index in [2.05, 4.69) is 0 Å². The van der Waals surface area contributed by atoms with Crippen molar-refractivity contribution in [1.29, 1.82) is 10.5 Å². The zero-order chi connectivity index (χ0) is 42.3. The lowest BCUT2D eigenvalue weighted by molar-refractivity contribution is -0.138. The van der Waals surface area contributed by atoms with Gasteiger partial charge in [0.15, 0.2) is 0 Å². The molecule has 0 amide bonds. The number of nitrogens with zero attached hydrogens (tertiary/aromatic N) is 4. The lowest BCUT2D eigenvalue weighted by atomic mass is 9.97. The van der Waals surface area contributed by atoms with Crippen LogP contribution in [0.2, 0.25) is 0 Å². The summed E-state index contributed by atoms with van der Waals surface area (Å²) in [6.07, 6.45) is -3.71. The summed E-state index contributed by atoms with van der Waals surface area (Å²) in [6.45, 7) is 0. The largest absolute Gasteiger partial charge is 0.417 e. The summed E-state index contributed by atoms with van der Waals surface area (Å²) in [5, 5.41) is 18.8. The molecule has 7 aromatic carbocycles. The van der Waals surface area contributed by atoms with E-state index in [1.165, 1.54) is 36.4 Å². The van der Waals surface area contributed by atoms with Crippen molar-refractivity contribution in [2.45, 2.75) is 12.4 Å². The smallest absolute Gasteiger partial charge is 0.310 e. The van der Waals surface area contributed by atoms with Gasteiger partial charge in [0.2, 0.25) is 0 Å². The monoisotopic (exact) mass is 802 g/mol. The van der Waals surface area contributed by atoms with Gasteiger partial charge in [-0.25, -0.2) is 0 Å². The van der Waals surface area contributed by atoms with Gasteiger partial charge in [-0.05, 0) is 96.1 Å². The molecule has 0 aromatic heterocycles. The second-order valence-electron chi connectivity index (χ2n) is 13.5. The normalized spacial score (nSPS) is 11.7. The molecule has 7 rings (SSSR count). The van der Waals surface area contributed by atoms with Crippen LogP contribution in [-0.2, 0) is 12.4 Å². The van der Waals surface area contributed by atoms with Crippen LogP contribution >= 0.6 is 0 Å². The number of anilines is 6. The van der Waals surface area contributed by atoms with E-state index < -0.39 is 23.5 Å². The minimum atomic E-state index is -4.77. The van der Waals surface area contributed by atoms with Crippen LogP contribution in [0, 0.1) is 22.7 Å². The topological polar surface area (TPSA) is 54.1 Å². The van der Waals surface area contributed by atoms with E-state index in [9.17, 15) is 36.9 Å². The maximum absolute atomic E-state index is 14.5. The molecule has 0 spiro atoms. The molecule has 0 unspecified atom stereocenters. The van der Waals surface area contributed by atoms with E-state index >= 15 is 0 Å². The minimum Gasteiger partial charge on any atom is -0.310 e. The van der Waals surface area contributed by atoms with Crippen LogP contribution in [0.15, 0.2) is 170 Å². The number of hydrogen-bond acceptors (Lipinski definition) is 4. The van der Waals surface area contributed by atoms with Gasteiger partial charge in [0, 0.05) is 33.9 Å². The number of benzene rings is 7. The highest BCUT2D eigenvalue weighted by Crippen LogP contribution is 2.45. The van der Waals surface area contributed by atoms with E-state index in [1.807, 2.05) is 131 Å². The van der Waals surface area contributed by atoms with Gasteiger partial charge < -0.3 is 9.80 Å². The number of rotatable bonds is 10. The van der Waals surface area contributed by atoms with Crippen LogP contribution in [0.3, 0.4) is 0 Å². The van der Waals surface area contributed by atoms with Crippen molar-refractivity contribution in [1.82, 2.24) is 0 Å². The average molecular weight is 803 g/mol. The van der Waals surface area contributed by atoms with Crippen LogP contribution in [0.5, 0.6) is 0 Å². The van der Waals surface area contributed by atoms with Crippen molar-refractivity contribution in [2.75, 3.05) is 9.80 Å². The van der Waals surface area contributed by atoms with Crippen molar-refractivity contribution < 1.29 is 26.3 Å². The molecule has 0 atom stereocenters. The fourth-order valence-corrected chi connectivity index (χ4v) is 6.82. The predicted molar refractivity (Wildman–Crippen MR) is 226 cm³/mol. The second kappa shape index (κ2) is 17.4. The van der Waals surface area contributed by atoms with E-state index in [0.717, 1.165) is 12.1 Å². The van der Waals surface area contributed by atoms with Crippen molar-refractivity contribution in [2.24, 2.45) is 0 Å². The van der Waals surface area contributed by atoms with E-state index in [0.29, 0.717) is 45.3 Å². The first-order chi connectivity index (χ1) is 28.9. The molecule has 0 saturated heterocycles. The lowest BCUT2D eigenvalue weighted by Crippen LogP contribution is -2.15. The second-order valence-corrected chi connectivity index (χ2v) is 13.5. The number of hydrogen-bond donors (Lipinski definition) is 0. The average Bonchev–Trinajstić information content (AvgIpc) is 3.26. The quantitative estimate of drug-likeness (QED) is 0.102. The van der Waals surface area contributed by atoms with E-state index in [1.54, 1.807) is 36.4 Å². The first-order valence-electron chi connectivity index (χ1n) is 18.5. The maximum Gasteiger partial charge on any atom is 0.417 e. The molecular formula is C50H32F6N4. The lowest BCUT2D eigenvalue weighted by Gasteiger charge is -2.31. The van der Waals surface area contributed by atoms with Gasteiger partial charge >= 0.3 is 12.4 Å². The maximum atomic E-state index is 14.5. The fraction of sp³-hybridized carbons (Fsp3) is 0.0400. The third-order valence-electron chi connectivity index (χ3n) is 9.58. The van der Waals surface area contributed by atoms with Crippen LogP contribution in [0.4, 0.5) is 60.5 Å². The Morgan fingerprint density at radius 3 is 0.917 bits per heavy atom. The number of para-hydroxylation sites is 4. The summed E-state index contributed by atoms with van der Waals surface area (Å²) < 4.78 is 86.7. The molecule has 0 radical (unpaired) electrons. The summed E-state index contributed by atoms with van der Waals surface area (Å²) in [6, 6.07) is 51.1. The summed E-state index contributed by atoms with van der Waals surface area (Å²) in [4.78, 5) is 3.84. The van der Waals surface area contributed by atoms with Gasteiger partial charge in [-0.2, -0.15) is 36.9 Å². The molecule has 10 heteroatoms. The molecule has 60 heavy (non-hydrogen) atoms. The molecule has 0 aliphatic heterocycles. The molecule has 0 saturated carbocycles. The third kappa shape index (κ3) is 8.99. The van der Waals surface area contributed by atoms with Crippen LogP contribution in [0.1, 0.15) is 44.5 Å². The zero-order valence-electron chi connectivity index (χ0n) is 31.5. The zero-order valence-corrected chi connectivity index (χ0v) is 31.5. The third-order valence-corrected chi connectivity index (χ3v) is 9.58. The van der Waals surface area contributed by atoms with Gasteiger partial charge in [-0.1, -0.05) is 109 Å². The Balaban J connectivity index is 1.57. The Bertz CT molecular complexity index is 2480. The molecule has 0 bridgehead atoms. The Morgan fingerprint density at radius 1 is 0.367 bits per heavy atom. The Kier molecular flexibility index (Phi) is 11.7. The summed E-state index contributed by atoms with van der Waals surface area (Å²) in [5.41, 5.74) is 2.09. The minimum absolute atomic E-state index is 0.143. The van der Waals surface area contributed by atoms with Crippen molar-refractivity contribution in [3.63, 3.8) is 0 Å². The fourth-order valence-electron chi connectivity index (χ4n) is 6.82. The first-order valence-corrected chi connectivity index (χ1v) is 18.5. The summed E-state index contributed by atoms with van der Waals surface area (Å²) in [5.74, 6) is 0.